The van der Waals surface area contributed by atoms with Crippen LogP contribution in [0.15, 0.2) is 48.5 Å². The van der Waals surface area contributed by atoms with Gasteiger partial charge in [0.15, 0.2) is 0 Å². The Balaban J connectivity index is 1.34. The second-order valence-electron chi connectivity index (χ2n) is 9.31. The normalized spacial score (nSPS) is 17.5. The first-order valence-corrected chi connectivity index (χ1v) is 13.1. The van der Waals surface area contributed by atoms with Crippen molar-refractivity contribution in [1.29, 1.82) is 0 Å². The third kappa shape index (κ3) is 6.53. The number of carbonyl (C=O) groups is 2. The molecule has 1 saturated heterocycles. The lowest BCUT2D eigenvalue weighted by Crippen LogP contribution is -2.49. The third-order valence-corrected chi connectivity index (χ3v) is 7.72. The van der Waals surface area contributed by atoms with Crippen LogP contribution in [-0.4, -0.2) is 65.3 Å². The first-order valence-electron chi connectivity index (χ1n) is 12.3. The van der Waals surface area contributed by atoms with Crippen LogP contribution in [-0.2, 0) is 11.3 Å². The molecule has 182 valence electrons. The summed E-state index contributed by atoms with van der Waals surface area (Å²) in [7, 11) is 0. The average molecular weight is 502 g/mol. The Morgan fingerprint density at radius 3 is 2.26 bits per heavy atom. The predicted octanol–water partition coefficient (Wildman–Crippen LogP) is 5.50. The van der Waals surface area contributed by atoms with E-state index in [0.717, 1.165) is 58.4 Å². The molecule has 1 heterocycles. The number of hydrogen-bond donors (Lipinski definition) is 0. The summed E-state index contributed by atoms with van der Waals surface area (Å²) >= 11 is 12.2. The zero-order valence-corrected chi connectivity index (χ0v) is 21.1. The average Bonchev–Trinajstić information content (AvgIpc) is 2.87. The topological polar surface area (TPSA) is 43.9 Å². The van der Waals surface area contributed by atoms with Crippen LogP contribution in [0.1, 0.15) is 54.4 Å². The van der Waals surface area contributed by atoms with Gasteiger partial charge in [-0.3, -0.25) is 14.5 Å². The minimum absolute atomic E-state index is 0.0639. The van der Waals surface area contributed by atoms with Crippen molar-refractivity contribution >= 4 is 35.0 Å². The van der Waals surface area contributed by atoms with Crippen molar-refractivity contribution in [1.82, 2.24) is 14.7 Å². The van der Waals surface area contributed by atoms with Crippen molar-refractivity contribution in [2.75, 3.05) is 32.7 Å². The molecule has 2 amide bonds. The van der Waals surface area contributed by atoms with E-state index in [2.05, 4.69) is 29.2 Å². The van der Waals surface area contributed by atoms with Crippen molar-refractivity contribution in [2.45, 2.75) is 51.1 Å². The molecule has 5 nitrogen and oxygen atoms in total. The van der Waals surface area contributed by atoms with Crippen LogP contribution < -0.4 is 0 Å². The number of benzene rings is 2. The molecule has 34 heavy (non-hydrogen) atoms. The number of halogens is 2. The smallest absolute Gasteiger partial charge is 0.254 e. The highest BCUT2D eigenvalue weighted by Crippen LogP contribution is 2.27. The van der Waals surface area contributed by atoms with Crippen LogP contribution in [0.2, 0.25) is 10.0 Å². The SMILES string of the molecule is O=C(CCN(C(=O)c1ccc(Cl)c(Cl)c1)C1CCCCC1)N1CCN(Cc2ccccc2)CC1. The number of piperazine rings is 1. The van der Waals surface area contributed by atoms with Gasteiger partial charge >= 0.3 is 0 Å². The van der Waals surface area contributed by atoms with Gasteiger partial charge in [-0.2, -0.15) is 0 Å². The molecule has 2 aromatic rings. The van der Waals surface area contributed by atoms with E-state index < -0.39 is 0 Å². The van der Waals surface area contributed by atoms with Crippen molar-refractivity contribution in [3.8, 4) is 0 Å². The van der Waals surface area contributed by atoms with Gasteiger partial charge in [-0.15, -0.1) is 0 Å². The lowest BCUT2D eigenvalue weighted by Gasteiger charge is -2.37. The molecule has 4 rings (SSSR count). The van der Waals surface area contributed by atoms with E-state index in [4.69, 9.17) is 23.2 Å². The molecule has 0 unspecified atom stereocenters. The van der Waals surface area contributed by atoms with E-state index in [0.29, 0.717) is 28.6 Å². The van der Waals surface area contributed by atoms with Gasteiger partial charge in [0.25, 0.3) is 5.91 Å². The summed E-state index contributed by atoms with van der Waals surface area (Å²) in [6.45, 7) is 4.55. The minimum atomic E-state index is -0.0639. The van der Waals surface area contributed by atoms with Gasteiger partial charge in [-0.05, 0) is 36.6 Å². The van der Waals surface area contributed by atoms with Crippen molar-refractivity contribution in [3.05, 3.63) is 69.7 Å². The second-order valence-corrected chi connectivity index (χ2v) is 10.1. The summed E-state index contributed by atoms with van der Waals surface area (Å²) in [6, 6.07) is 15.6. The van der Waals surface area contributed by atoms with E-state index >= 15 is 0 Å². The number of rotatable bonds is 7. The van der Waals surface area contributed by atoms with Crippen molar-refractivity contribution in [3.63, 3.8) is 0 Å². The summed E-state index contributed by atoms with van der Waals surface area (Å²) < 4.78 is 0. The van der Waals surface area contributed by atoms with Gasteiger partial charge in [-0.25, -0.2) is 0 Å². The molecule has 0 bridgehead atoms. The standard InChI is InChI=1S/C27H33Cl2N3O2/c28-24-12-11-22(19-25(24)29)27(34)32(23-9-5-2-6-10-23)14-13-26(33)31-17-15-30(16-18-31)20-21-7-3-1-4-8-21/h1,3-4,7-8,11-12,19,23H,2,5-6,9-10,13-18,20H2. The Hall–Kier alpha value is -2.08. The maximum absolute atomic E-state index is 13.4. The maximum Gasteiger partial charge on any atom is 0.254 e. The fraction of sp³-hybridized carbons (Fsp3) is 0.481. The van der Waals surface area contributed by atoms with Gasteiger partial charge in [0.05, 0.1) is 10.0 Å². The van der Waals surface area contributed by atoms with Crippen LogP contribution >= 0.6 is 23.2 Å². The molecule has 0 radical (unpaired) electrons. The minimum Gasteiger partial charge on any atom is -0.340 e. The van der Waals surface area contributed by atoms with Crippen molar-refractivity contribution < 1.29 is 9.59 Å². The Kier molecular flexibility index (Phi) is 8.87. The molecule has 0 spiro atoms. The number of hydrogen-bond acceptors (Lipinski definition) is 3. The predicted molar refractivity (Wildman–Crippen MR) is 137 cm³/mol. The van der Waals surface area contributed by atoms with Gasteiger partial charge in [0, 0.05) is 57.3 Å². The lowest BCUT2D eigenvalue weighted by atomic mass is 9.93. The number of amides is 2. The zero-order chi connectivity index (χ0) is 23.9. The van der Waals surface area contributed by atoms with E-state index in [1.807, 2.05) is 15.9 Å². The molecule has 7 heteroatoms. The molecule has 1 aliphatic heterocycles. The fourth-order valence-electron chi connectivity index (χ4n) is 5.01. The van der Waals surface area contributed by atoms with Gasteiger partial charge in [-0.1, -0.05) is 72.8 Å². The zero-order valence-electron chi connectivity index (χ0n) is 19.6. The number of nitrogens with zero attached hydrogens (tertiary/aromatic N) is 3. The van der Waals surface area contributed by atoms with E-state index in [9.17, 15) is 9.59 Å². The summed E-state index contributed by atoms with van der Waals surface area (Å²) in [6.07, 6.45) is 5.76. The van der Waals surface area contributed by atoms with E-state index in [1.54, 1.807) is 18.2 Å². The number of carbonyl (C=O) groups excluding carboxylic acids is 2. The van der Waals surface area contributed by atoms with Crippen LogP contribution in [0, 0.1) is 0 Å². The summed E-state index contributed by atoms with van der Waals surface area (Å²) in [5.74, 6) is 0.0630. The molecular formula is C27H33Cl2N3O2. The summed E-state index contributed by atoms with van der Waals surface area (Å²) in [5, 5.41) is 0.810. The first-order chi connectivity index (χ1) is 16.5. The van der Waals surface area contributed by atoms with Crippen LogP contribution in [0.4, 0.5) is 0 Å². The van der Waals surface area contributed by atoms with Crippen LogP contribution in [0.5, 0.6) is 0 Å². The molecule has 1 saturated carbocycles. The summed E-state index contributed by atoms with van der Waals surface area (Å²) in [4.78, 5) is 32.7. The Morgan fingerprint density at radius 2 is 1.59 bits per heavy atom. The monoisotopic (exact) mass is 501 g/mol. The molecule has 2 fully saturated rings. The quantitative estimate of drug-likeness (QED) is 0.502. The fourth-order valence-corrected chi connectivity index (χ4v) is 5.31. The molecule has 0 aromatic heterocycles. The Labute approximate surface area is 212 Å². The lowest BCUT2D eigenvalue weighted by molar-refractivity contribution is -0.133. The Bertz CT molecular complexity index is 971. The molecule has 0 atom stereocenters. The second kappa shape index (κ2) is 12.1. The van der Waals surface area contributed by atoms with Crippen LogP contribution in [0.25, 0.3) is 0 Å². The van der Waals surface area contributed by atoms with Crippen LogP contribution in [0.3, 0.4) is 0 Å². The molecule has 2 aliphatic rings. The molecular weight excluding hydrogens is 469 g/mol. The highest BCUT2D eigenvalue weighted by atomic mass is 35.5. The molecule has 0 N–H and O–H groups in total. The molecule has 2 aromatic carbocycles. The summed E-state index contributed by atoms with van der Waals surface area (Å²) in [5.41, 5.74) is 1.83. The highest BCUT2D eigenvalue weighted by Gasteiger charge is 2.28. The first kappa shape index (κ1) is 25.0. The highest BCUT2D eigenvalue weighted by molar-refractivity contribution is 6.42. The maximum atomic E-state index is 13.4. The third-order valence-electron chi connectivity index (χ3n) is 6.98. The van der Waals surface area contributed by atoms with E-state index in [1.165, 1.54) is 12.0 Å². The van der Waals surface area contributed by atoms with Gasteiger partial charge in [0.1, 0.15) is 0 Å². The Morgan fingerprint density at radius 1 is 0.882 bits per heavy atom. The largest absolute Gasteiger partial charge is 0.340 e. The van der Waals surface area contributed by atoms with Gasteiger partial charge < -0.3 is 9.80 Å². The molecule has 1 aliphatic carbocycles. The van der Waals surface area contributed by atoms with E-state index in [-0.39, 0.29) is 17.9 Å². The van der Waals surface area contributed by atoms with Crippen molar-refractivity contribution in [2.24, 2.45) is 0 Å². The van der Waals surface area contributed by atoms with Gasteiger partial charge in [0.2, 0.25) is 5.91 Å².